The molecule has 2 rings (SSSR count). The van der Waals surface area contributed by atoms with Crippen molar-refractivity contribution in [1.82, 2.24) is 10.2 Å². The predicted molar refractivity (Wildman–Crippen MR) is 88.5 cm³/mol. The lowest BCUT2D eigenvalue weighted by Gasteiger charge is -2.30. The Labute approximate surface area is 129 Å². The molecule has 2 unspecified atom stereocenters. The second kappa shape index (κ2) is 9.19. The fraction of sp³-hybridized carbons (Fsp3) is 0.667. The molecule has 3 heteroatoms. The second-order valence-electron chi connectivity index (χ2n) is 6.29. The summed E-state index contributed by atoms with van der Waals surface area (Å²) in [7, 11) is 1.77. The standard InChI is InChI=1S/C18H30N2O/c1-16(14-20-11-7-4-8-12-20)13-19-18(15-21-2)17-9-5-3-6-10-17/h3,5-6,9-10,16,18-19H,4,7-8,11-15H2,1-2H3. The first kappa shape index (κ1) is 16.5. The van der Waals surface area contributed by atoms with Gasteiger partial charge in [0.25, 0.3) is 0 Å². The van der Waals surface area contributed by atoms with E-state index in [1.165, 1.54) is 44.5 Å². The van der Waals surface area contributed by atoms with Crippen molar-refractivity contribution in [3.8, 4) is 0 Å². The van der Waals surface area contributed by atoms with Gasteiger partial charge in [0.05, 0.1) is 12.6 Å². The van der Waals surface area contributed by atoms with Crippen LogP contribution in [0.5, 0.6) is 0 Å². The number of nitrogens with one attached hydrogen (secondary N) is 1. The molecule has 0 saturated carbocycles. The molecule has 1 aliphatic rings. The molecule has 0 aliphatic carbocycles. The number of likely N-dealkylation sites (tertiary alicyclic amines) is 1. The summed E-state index contributed by atoms with van der Waals surface area (Å²) in [6.45, 7) is 7.88. The van der Waals surface area contributed by atoms with Crippen LogP contribution in [0.25, 0.3) is 0 Å². The number of piperidine rings is 1. The molecule has 118 valence electrons. The molecule has 0 bridgehead atoms. The number of ether oxygens (including phenoxy) is 1. The van der Waals surface area contributed by atoms with Gasteiger partial charge in [-0.05, 0) is 44.0 Å². The first-order valence-corrected chi connectivity index (χ1v) is 8.29. The van der Waals surface area contributed by atoms with E-state index in [1.54, 1.807) is 7.11 Å². The fourth-order valence-corrected chi connectivity index (χ4v) is 3.12. The number of hydrogen-bond acceptors (Lipinski definition) is 3. The van der Waals surface area contributed by atoms with Crippen LogP contribution in [0.15, 0.2) is 30.3 Å². The van der Waals surface area contributed by atoms with Gasteiger partial charge in [-0.1, -0.05) is 43.7 Å². The maximum Gasteiger partial charge on any atom is 0.0657 e. The van der Waals surface area contributed by atoms with Crippen molar-refractivity contribution in [2.45, 2.75) is 32.2 Å². The molecule has 0 radical (unpaired) electrons. The van der Waals surface area contributed by atoms with Crippen molar-refractivity contribution in [2.75, 3.05) is 39.9 Å². The first-order chi connectivity index (χ1) is 10.3. The Bertz CT molecular complexity index is 376. The highest BCUT2D eigenvalue weighted by molar-refractivity contribution is 5.18. The summed E-state index contributed by atoms with van der Waals surface area (Å²) in [5.41, 5.74) is 1.31. The van der Waals surface area contributed by atoms with E-state index in [9.17, 15) is 0 Å². The van der Waals surface area contributed by atoms with Crippen LogP contribution in [-0.4, -0.2) is 44.8 Å². The third-order valence-corrected chi connectivity index (χ3v) is 4.27. The average molecular weight is 290 g/mol. The van der Waals surface area contributed by atoms with E-state index in [1.807, 2.05) is 0 Å². The maximum atomic E-state index is 5.37. The Kier molecular flexibility index (Phi) is 7.20. The molecule has 3 nitrogen and oxygen atoms in total. The van der Waals surface area contributed by atoms with Crippen molar-refractivity contribution in [3.63, 3.8) is 0 Å². The summed E-state index contributed by atoms with van der Waals surface area (Å²) in [4.78, 5) is 2.61. The molecular weight excluding hydrogens is 260 g/mol. The van der Waals surface area contributed by atoms with Gasteiger partial charge >= 0.3 is 0 Å². The highest BCUT2D eigenvalue weighted by Gasteiger charge is 2.15. The normalized spacial score (nSPS) is 19.3. The number of methoxy groups -OCH3 is 1. The molecule has 1 fully saturated rings. The Morgan fingerprint density at radius 1 is 1.14 bits per heavy atom. The summed E-state index contributed by atoms with van der Waals surface area (Å²) in [6.07, 6.45) is 4.15. The smallest absolute Gasteiger partial charge is 0.0657 e. The molecule has 21 heavy (non-hydrogen) atoms. The monoisotopic (exact) mass is 290 g/mol. The molecule has 1 aromatic carbocycles. The van der Waals surface area contributed by atoms with Crippen LogP contribution in [0.3, 0.4) is 0 Å². The van der Waals surface area contributed by atoms with Crippen LogP contribution in [0.4, 0.5) is 0 Å². The minimum Gasteiger partial charge on any atom is -0.383 e. The summed E-state index contributed by atoms with van der Waals surface area (Å²) in [5.74, 6) is 0.672. The zero-order valence-corrected chi connectivity index (χ0v) is 13.6. The number of nitrogens with zero attached hydrogens (tertiary/aromatic N) is 1. The van der Waals surface area contributed by atoms with Gasteiger partial charge < -0.3 is 15.0 Å². The van der Waals surface area contributed by atoms with Crippen LogP contribution in [0, 0.1) is 5.92 Å². The molecule has 1 aromatic rings. The van der Waals surface area contributed by atoms with Gasteiger partial charge in [0.15, 0.2) is 0 Å². The van der Waals surface area contributed by atoms with Crippen molar-refractivity contribution in [1.29, 1.82) is 0 Å². The topological polar surface area (TPSA) is 24.5 Å². The Hall–Kier alpha value is -0.900. The largest absolute Gasteiger partial charge is 0.383 e. The zero-order valence-electron chi connectivity index (χ0n) is 13.6. The van der Waals surface area contributed by atoms with Crippen molar-refractivity contribution in [3.05, 3.63) is 35.9 Å². The van der Waals surface area contributed by atoms with E-state index in [2.05, 4.69) is 47.5 Å². The Morgan fingerprint density at radius 3 is 2.52 bits per heavy atom. The summed E-state index contributed by atoms with van der Waals surface area (Å²) >= 11 is 0. The molecule has 0 amide bonds. The van der Waals surface area contributed by atoms with Gasteiger partial charge in [0.1, 0.15) is 0 Å². The first-order valence-electron chi connectivity index (χ1n) is 8.29. The number of benzene rings is 1. The van der Waals surface area contributed by atoms with Gasteiger partial charge in [-0.3, -0.25) is 0 Å². The van der Waals surface area contributed by atoms with Crippen LogP contribution < -0.4 is 5.32 Å². The second-order valence-corrected chi connectivity index (χ2v) is 6.29. The van der Waals surface area contributed by atoms with Gasteiger partial charge in [0.2, 0.25) is 0 Å². The van der Waals surface area contributed by atoms with Crippen LogP contribution in [0.1, 0.15) is 37.8 Å². The number of hydrogen-bond donors (Lipinski definition) is 1. The lowest BCUT2D eigenvalue weighted by molar-refractivity contribution is 0.158. The van der Waals surface area contributed by atoms with E-state index in [-0.39, 0.29) is 0 Å². The molecule has 1 saturated heterocycles. The van der Waals surface area contributed by atoms with Crippen molar-refractivity contribution in [2.24, 2.45) is 5.92 Å². The minimum absolute atomic E-state index is 0.292. The van der Waals surface area contributed by atoms with Crippen LogP contribution in [0.2, 0.25) is 0 Å². The van der Waals surface area contributed by atoms with Gasteiger partial charge in [-0.2, -0.15) is 0 Å². The van der Waals surface area contributed by atoms with Crippen molar-refractivity contribution < 1.29 is 4.74 Å². The summed E-state index contributed by atoms with van der Waals surface area (Å²) < 4.78 is 5.37. The molecule has 1 N–H and O–H groups in total. The van der Waals surface area contributed by atoms with E-state index in [0.717, 1.165) is 13.2 Å². The molecule has 1 aliphatic heterocycles. The van der Waals surface area contributed by atoms with Gasteiger partial charge in [-0.25, -0.2) is 0 Å². The summed E-state index contributed by atoms with van der Waals surface area (Å²) in [5, 5.41) is 3.67. The maximum absolute atomic E-state index is 5.37. The predicted octanol–water partition coefficient (Wildman–Crippen LogP) is 3.09. The minimum atomic E-state index is 0.292. The average Bonchev–Trinajstić information content (AvgIpc) is 2.53. The fourth-order valence-electron chi connectivity index (χ4n) is 3.12. The molecule has 0 aromatic heterocycles. The quantitative estimate of drug-likeness (QED) is 0.796. The van der Waals surface area contributed by atoms with Crippen LogP contribution in [-0.2, 0) is 4.74 Å². The third-order valence-electron chi connectivity index (χ3n) is 4.27. The molecule has 1 heterocycles. The van der Waals surface area contributed by atoms with E-state index < -0.39 is 0 Å². The van der Waals surface area contributed by atoms with Crippen LogP contribution >= 0.6 is 0 Å². The highest BCUT2D eigenvalue weighted by Crippen LogP contribution is 2.14. The Morgan fingerprint density at radius 2 is 1.86 bits per heavy atom. The van der Waals surface area contributed by atoms with E-state index in [4.69, 9.17) is 4.74 Å². The Balaban J connectivity index is 1.78. The van der Waals surface area contributed by atoms with Gasteiger partial charge in [-0.15, -0.1) is 0 Å². The summed E-state index contributed by atoms with van der Waals surface area (Å²) in [6, 6.07) is 10.9. The van der Waals surface area contributed by atoms with E-state index >= 15 is 0 Å². The van der Waals surface area contributed by atoms with Crippen molar-refractivity contribution >= 4 is 0 Å². The molecule has 2 atom stereocenters. The third kappa shape index (κ3) is 5.77. The number of rotatable bonds is 8. The SMILES string of the molecule is COCC(NCC(C)CN1CCCCC1)c1ccccc1. The lowest BCUT2D eigenvalue weighted by Crippen LogP contribution is -2.38. The highest BCUT2D eigenvalue weighted by atomic mass is 16.5. The lowest BCUT2D eigenvalue weighted by atomic mass is 10.0. The molecule has 0 spiro atoms. The zero-order chi connectivity index (χ0) is 14.9. The molecular formula is C18H30N2O. The van der Waals surface area contributed by atoms with E-state index in [0.29, 0.717) is 12.0 Å². The van der Waals surface area contributed by atoms with Gasteiger partial charge in [0, 0.05) is 13.7 Å².